The van der Waals surface area contributed by atoms with Crippen LogP contribution in [-0.2, 0) is 16.2 Å². The summed E-state index contributed by atoms with van der Waals surface area (Å²) in [6, 6.07) is 8.64. The van der Waals surface area contributed by atoms with Crippen molar-refractivity contribution in [3.05, 3.63) is 65.7 Å². The summed E-state index contributed by atoms with van der Waals surface area (Å²) in [6.07, 6.45) is -4.57. The van der Waals surface area contributed by atoms with Crippen molar-refractivity contribution in [1.82, 2.24) is 4.90 Å². The average molecular weight is 551 g/mol. The smallest absolute Gasteiger partial charge is 0.419 e. The number of nitrogens with zero attached hydrogens (tertiary/aromatic N) is 1. The minimum atomic E-state index is -4.67. The van der Waals surface area contributed by atoms with Crippen molar-refractivity contribution in [2.45, 2.75) is 32.0 Å². The lowest BCUT2D eigenvalue weighted by Crippen LogP contribution is -2.23. The molecular weight excluding hydrogens is 531 g/mol. The highest BCUT2D eigenvalue weighted by Gasteiger charge is 2.36. The lowest BCUT2D eigenvalue weighted by molar-refractivity contribution is -0.139. The molecule has 1 N–H and O–H groups in total. The van der Waals surface area contributed by atoms with Gasteiger partial charge in [0.25, 0.3) is 10.0 Å². The van der Waals surface area contributed by atoms with Crippen molar-refractivity contribution in [1.29, 1.82) is 0 Å². The maximum atomic E-state index is 13.9. The maximum absolute atomic E-state index is 13.9. The Morgan fingerprint density at radius 1 is 1.11 bits per heavy atom. The number of likely N-dealkylation sites (N-methyl/N-ethyl adjacent to an activating group) is 1. The number of rotatable bonds is 7. The fourth-order valence-electron chi connectivity index (χ4n) is 3.46. The van der Waals surface area contributed by atoms with E-state index in [-0.39, 0.29) is 14.8 Å². The molecule has 1 saturated heterocycles. The Bertz CT molecular complexity index is 1330. The van der Waals surface area contributed by atoms with Crippen LogP contribution in [0.15, 0.2) is 61.8 Å². The van der Waals surface area contributed by atoms with Crippen LogP contribution < -0.4 is 9.46 Å². The predicted octanol–water partition coefficient (Wildman–Crippen LogP) is 6.08. The summed E-state index contributed by atoms with van der Waals surface area (Å²) < 4.78 is 101. The molecule has 0 aliphatic carbocycles. The Labute approximate surface area is 207 Å². The molecule has 1 fully saturated rings. The van der Waals surface area contributed by atoms with Gasteiger partial charge >= 0.3 is 6.18 Å². The third-order valence-electron chi connectivity index (χ3n) is 5.11. The molecule has 1 aliphatic rings. The second-order valence-corrected chi connectivity index (χ2v) is 12.2. The van der Waals surface area contributed by atoms with Crippen molar-refractivity contribution in [2.75, 3.05) is 24.9 Å². The van der Waals surface area contributed by atoms with Crippen LogP contribution in [0, 0.1) is 11.6 Å². The molecule has 188 valence electrons. The lowest BCUT2D eigenvalue weighted by atomic mass is 10.1. The second-order valence-electron chi connectivity index (χ2n) is 7.86. The van der Waals surface area contributed by atoms with E-state index in [9.17, 15) is 30.4 Å². The number of thiophene rings is 1. The third-order valence-corrected chi connectivity index (χ3v) is 9.25. The largest absolute Gasteiger partial charge is 0.488 e. The lowest BCUT2D eigenvalue weighted by Gasteiger charge is -2.19. The van der Waals surface area contributed by atoms with E-state index in [1.165, 1.54) is 18.2 Å². The van der Waals surface area contributed by atoms with Crippen LogP contribution in [0.4, 0.5) is 27.6 Å². The summed E-state index contributed by atoms with van der Waals surface area (Å²) in [4.78, 5) is 2.04. The van der Waals surface area contributed by atoms with Crippen LogP contribution in [-0.4, -0.2) is 39.6 Å². The summed E-state index contributed by atoms with van der Waals surface area (Å²) in [6.45, 7) is 1.14. The molecule has 1 aromatic heterocycles. The summed E-state index contributed by atoms with van der Waals surface area (Å²) in [5.41, 5.74) is -1.09. The van der Waals surface area contributed by atoms with E-state index in [0.717, 1.165) is 53.4 Å². The Kier molecular flexibility index (Phi) is 7.32. The van der Waals surface area contributed by atoms with Gasteiger partial charge in [-0.3, -0.25) is 4.72 Å². The summed E-state index contributed by atoms with van der Waals surface area (Å²) in [5, 5.41) is 0. The highest BCUT2D eigenvalue weighted by atomic mass is 32.3. The Balaban J connectivity index is 1.54. The number of hydrogen-bond acceptors (Lipinski definition) is 6. The summed E-state index contributed by atoms with van der Waals surface area (Å²) in [7, 11) is -2.32. The molecule has 2 heterocycles. The number of benzene rings is 2. The molecule has 0 unspecified atom stereocenters. The molecule has 0 radical (unpaired) electrons. The molecule has 3 aromatic rings. The molecule has 1 atom stereocenters. The highest BCUT2D eigenvalue weighted by Crippen LogP contribution is 2.40. The zero-order valence-corrected chi connectivity index (χ0v) is 20.6. The molecule has 0 amide bonds. The SMILES string of the molecule is CN1CC[C@@H](Oc2cc(NS(=O)(=O)c3ccc(Sc4ccc(F)cc4F)s3)ccc2C(F)(F)F)C1. The third kappa shape index (κ3) is 6.26. The van der Waals surface area contributed by atoms with Crippen molar-refractivity contribution in [3.63, 3.8) is 0 Å². The number of alkyl halides is 3. The first-order valence-corrected chi connectivity index (χ1v) is 13.3. The van der Waals surface area contributed by atoms with Gasteiger partial charge < -0.3 is 9.64 Å². The van der Waals surface area contributed by atoms with Crippen molar-refractivity contribution >= 4 is 38.8 Å². The first kappa shape index (κ1) is 25.7. The normalized spacial score (nSPS) is 17.0. The average Bonchev–Trinajstić information content (AvgIpc) is 3.38. The van der Waals surface area contributed by atoms with E-state index in [2.05, 4.69) is 4.72 Å². The van der Waals surface area contributed by atoms with Crippen LogP contribution >= 0.6 is 23.1 Å². The number of likely N-dealkylation sites (tertiary alicyclic amines) is 1. The molecule has 0 spiro atoms. The van der Waals surface area contributed by atoms with Gasteiger partial charge in [0.15, 0.2) is 0 Å². The fraction of sp³-hybridized carbons (Fsp3) is 0.273. The van der Waals surface area contributed by atoms with Crippen LogP contribution in [0.2, 0.25) is 0 Å². The van der Waals surface area contributed by atoms with Gasteiger partial charge in [0.1, 0.15) is 27.7 Å². The Morgan fingerprint density at radius 2 is 1.89 bits per heavy atom. The minimum absolute atomic E-state index is 0.0912. The number of ether oxygens (including phenoxy) is 1. The van der Waals surface area contributed by atoms with E-state index in [4.69, 9.17) is 4.74 Å². The number of halogens is 5. The van der Waals surface area contributed by atoms with Gasteiger partial charge in [0.2, 0.25) is 0 Å². The summed E-state index contributed by atoms with van der Waals surface area (Å²) in [5.74, 6) is -1.96. The number of anilines is 1. The molecule has 0 bridgehead atoms. The highest BCUT2D eigenvalue weighted by molar-refractivity contribution is 8.02. The molecule has 5 nitrogen and oxygen atoms in total. The number of sulfonamides is 1. The van der Waals surface area contributed by atoms with Gasteiger partial charge in [-0.2, -0.15) is 13.2 Å². The first-order valence-electron chi connectivity index (χ1n) is 10.2. The predicted molar refractivity (Wildman–Crippen MR) is 124 cm³/mol. The van der Waals surface area contributed by atoms with E-state index in [1.54, 1.807) is 0 Å². The van der Waals surface area contributed by atoms with Gasteiger partial charge in [0.05, 0.1) is 15.5 Å². The van der Waals surface area contributed by atoms with Crippen molar-refractivity contribution < 1.29 is 35.1 Å². The van der Waals surface area contributed by atoms with Crippen LogP contribution in [0.3, 0.4) is 0 Å². The van der Waals surface area contributed by atoms with Crippen LogP contribution in [0.25, 0.3) is 0 Å². The second kappa shape index (κ2) is 9.96. The number of nitrogens with one attached hydrogen (secondary N) is 1. The molecule has 13 heteroatoms. The molecule has 1 aliphatic heterocycles. The van der Waals surface area contributed by atoms with Crippen molar-refractivity contribution in [3.8, 4) is 5.75 Å². The van der Waals surface area contributed by atoms with Gasteiger partial charge in [-0.15, -0.1) is 11.3 Å². The maximum Gasteiger partial charge on any atom is 0.419 e. The zero-order valence-electron chi connectivity index (χ0n) is 18.1. The van der Waals surface area contributed by atoms with Crippen LogP contribution in [0.5, 0.6) is 5.75 Å². The van der Waals surface area contributed by atoms with Gasteiger partial charge in [-0.05, 0) is 49.9 Å². The van der Waals surface area contributed by atoms with E-state index < -0.39 is 45.3 Å². The summed E-state index contributed by atoms with van der Waals surface area (Å²) >= 11 is 1.77. The van der Waals surface area contributed by atoms with E-state index in [0.29, 0.717) is 23.7 Å². The van der Waals surface area contributed by atoms with Gasteiger partial charge in [0, 0.05) is 30.1 Å². The quantitative estimate of drug-likeness (QED) is 0.362. The standard InChI is InChI=1S/C22H19F5N2O3S3/c1-29-9-8-15(12-29)32-18-11-14(3-4-16(18)22(25,26)27)28-35(30,31)21-7-6-20(34-21)33-19-5-2-13(23)10-17(19)24/h2-7,10-11,15,28H,8-9,12H2,1H3/t15-/m1/s1. The van der Waals surface area contributed by atoms with E-state index in [1.807, 2.05) is 11.9 Å². The molecule has 2 aromatic carbocycles. The molecule has 35 heavy (non-hydrogen) atoms. The Morgan fingerprint density at radius 3 is 2.54 bits per heavy atom. The van der Waals surface area contributed by atoms with Gasteiger partial charge in [-0.1, -0.05) is 11.8 Å². The number of hydrogen-bond donors (Lipinski definition) is 1. The fourth-order valence-corrected chi connectivity index (χ4v) is 7.06. The topological polar surface area (TPSA) is 58.6 Å². The first-order chi connectivity index (χ1) is 16.4. The Hall–Kier alpha value is -2.35. The molecule has 4 rings (SSSR count). The minimum Gasteiger partial charge on any atom is -0.488 e. The van der Waals surface area contributed by atoms with Crippen molar-refractivity contribution in [2.24, 2.45) is 0 Å². The molecule has 0 saturated carbocycles. The monoisotopic (exact) mass is 550 g/mol. The zero-order chi connectivity index (χ0) is 25.4. The van der Waals surface area contributed by atoms with Crippen LogP contribution in [0.1, 0.15) is 12.0 Å². The van der Waals surface area contributed by atoms with E-state index >= 15 is 0 Å². The van der Waals surface area contributed by atoms with Gasteiger partial charge in [-0.25, -0.2) is 17.2 Å². The molecular formula is C22H19F5N2O3S3.